The van der Waals surface area contributed by atoms with Crippen molar-refractivity contribution in [3.8, 4) is 0 Å². The first-order chi connectivity index (χ1) is 7.93. The van der Waals surface area contributed by atoms with Crippen LogP contribution in [-0.4, -0.2) is 4.98 Å². The molecule has 0 radical (unpaired) electrons. The van der Waals surface area contributed by atoms with Crippen LogP contribution in [0.4, 0.5) is 0 Å². The van der Waals surface area contributed by atoms with Crippen molar-refractivity contribution >= 4 is 6.08 Å². The summed E-state index contributed by atoms with van der Waals surface area (Å²) in [6.07, 6.45) is 12.8. The van der Waals surface area contributed by atoms with Gasteiger partial charge in [-0.1, -0.05) is 18.3 Å². The molecule has 0 spiro atoms. The van der Waals surface area contributed by atoms with Crippen molar-refractivity contribution in [1.29, 1.82) is 0 Å². The van der Waals surface area contributed by atoms with Crippen molar-refractivity contribution in [2.24, 2.45) is 0 Å². The Balaban J connectivity index is -0.0000000623. The minimum atomic E-state index is 0. The Morgan fingerprint density at radius 2 is 1.56 bits per heavy atom. The molecule has 1 rings (SSSR count). The summed E-state index contributed by atoms with van der Waals surface area (Å²) in [4.78, 5) is 2.86. The molecular formula is C15H25NRu2. The number of hydrogen-bond acceptors (Lipinski definition) is 0. The van der Waals surface area contributed by atoms with Gasteiger partial charge in [-0.05, 0) is 6.92 Å². The van der Waals surface area contributed by atoms with Gasteiger partial charge in [0.25, 0.3) is 0 Å². The van der Waals surface area contributed by atoms with Gasteiger partial charge in [-0.15, -0.1) is 23.9 Å². The summed E-state index contributed by atoms with van der Waals surface area (Å²) < 4.78 is 0. The Kier molecular flexibility index (Phi) is 61.5. The molecule has 106 valence electrons. The van der Waals surface area contributed by atoms with Crippen molar-refractivity contribution in [1.82, 2.24) is 4.98 Å². The number of aromatic nitrogens is 1. The van der Waals surface area contributed by atoms with Gasteiger partial charge in [0.15, 0.2) is 0 Å². The molecule has 0 aliphatic carbocycles. The second-order valence-corrected chi connectivity index (χ2v) is 1.94. The number of rotatable bonds is 2. The zero-order chi connectivity index (χ0) is 13.2. The Morgan fingerprint density at radius 1 is 1.06 bits per heavy atom. The zero-order valence-electron chi connectivity index (χ0n) is 11.8. The number of hydrogen-bond donors (Lipinski definition) is 1. The fourth-order valence-corrected chi connectivity index (χ4v) is 0.666. The molecule has 0 saturated heterocycles. The van der Waals surface area contributed by atoms with E-state index in [1.165, 1.54) is 0 Å². The van der Waals surface area contributed by atoms with Crippen LogP contribution in [0.1, 0.15) is 33.3 Å². The maximum absolute atomic E-state index is 3.25. The molecule has 18 heavy (non-hydrogen) atoms. The predicted octanol–water partition coefficient (Wildman–Crippen LogP) is 4.92. The quantitative estimate of drug-likeness (QED) is 0.396. The van der Waals surface area contributed by atoms with E-state index in [1.807, 2.05) is 43.5 Å². The van der Waals surface area contributed by atoms with E-state index in [0.29, 0.717) is 0 Å². The summed E-state index contributed by atoms with van der Waals surface area (Å²) in [5.41, 5.74) is 1.08. The van der Waals surface area contributed by atoms with Gasteiger partial charge in [-0.25, -0.2) is 0 Å². The summed E-state index contributed by atoms with van der Waals surface area (Å²) in [6, 6.07) is 1.97. The van der Waals surface area contributed by atoms with Crippen molar-refractivity contribution in [2.75, 3.05) is 0 Å². The van der Waals surface area contributed by atoms with Crippen molar-refractivity contribution in [3.05, 3.63) is 63.0 Å². The van der Waals surface area contributed by atoms with Crippen LogP contribution in [0.3, 0.4) is 0 Å². The number of aromatic amines is 1. The predicted molar refractivity (Wildman–Crippen MR) is 76.6 cm³/mol. The summed E-state index contributed by atoms with van der Waals surface area (Å²) >= 11 is 0. The summed E-state index contributed by atoms with van der Waals surface area (Å²) in [5, 5.41) is 0. The van der Waals surface area contributed by atoms with E-state index < -0.39 is 0 Å². The standard InChI is InChI=1S/C9H10N.3C2H5.2Ru/c1-2-3-4-5-9-6-7-10-8-9;3*1-2;;/h2-7,10H,1H3;3*1H2,2H3;;/q4*-1;;+4. The molecule has 1 nitrogen and oxygen atoms in total. The van der Waals surface area contributed by atoms with Crippen LogP contribution in [0, 0.1) is 27.0 Å². The molecule has 0 unspecified atom stereocenters. The fourth-order valence-electron chi connectivity index (χ4n) is 0.666. The van der Waals surface area contributed by atoms with Crippen LogP contribution in [0.15, 0.2) is 30.5 Å². The monoisotopic (exact) mass is 423 g/mol. The topological polar surface area (TPSA) is 15.8 Å². The second kappa shape index (κ2) is 36.0. The van der Waals surface area contributed by atoms with E-state index in [4.69, 9.17) is 0 Å². The van der Waals surface area contributed by atoms with E-state index in [-0.39, 0.29) is 39.0 Å². The largest absolute Gasteiger partial charge is 4.00 e. The molecule has 3 heteroatoms. The van der Waals surface area contributed by atoms with Gasteiger partial charge < -0.3 is 25.8 Å². The van der Waals surface area contributed by atoms with Gasteiger partial charge in [-0.2, -0.15) is 26.8 Å². The van der Waals surface area contributed by atoms with Crippen LogP contribution in [0.5, 0.6) is 0 Å². The summed E-state index contributed by atoms with van der Waals surface area (Å²) in [7, 11) is 0. The molecule has 0 amide bonds. The maximum Gasteiger partial charge on any atom is 4.00 e. The van der Waals surface area contributed by atoms with Crippen molar-refractivity contribution in [2.45, 2.75) is 27.7 Å². The summed E-state index contributed by atoms with van der Waals surface area (Å²) in [5.74, 6) is 0. The Morgan fingerprint density at radius 3 is 1.89 bits per heavy atom. The van der Waals surface area contributed by atoms with Crippen LogP contribution in [0.25, 0.3) is 6.08 Å². The Labute approximate surface area is 140 Å². The third kappa shape index (κ3) is 25.0. The van der Waals surface area contributed by atoms with Gasteiger partial charge in [0.2, 0.25) is 0 Å². The first-order valence-electron chi connectivity index (χ1n) is 5.40. The maximum atomic E-state index is 3.25. The molecule has 0 saturated carbocycles. The first kappa shape index (κ1) is 30.8. The molecular weight excluding hydrogens is 396 g/mol. The van der Waals surface area contributed by atoms with Crippen LogP contribution in [0.2, 0.25) is 0 Å². The minimum Gasteiger partial charge on any atom is -0.453 e. The molecule has 0 aromatic carbocycles. The third-order valence-electron chi connectivity index (χ3n) is 1.14. The van der Waals surface area contributed by atoms with Crippen LogP contribution in [-0.2, 0) is 39.0 Å². The van der Waals surface area contributed by atoms with Gasteiger partial charge in [0, 0.05) is 19.5 Å². The second-order valence-electron chi connectivity index (χ2n) is 1.94. The Hall–Kier alpha value is 0.00675. The van der Waals surface area contributed by atoms with Crippen LogP contribution >= 0.6 is 0 Å². The van der Waals surface area contributed by atoms with Crippen molar-refractivity contribution in [3.63, 3.8) is 0 Å². The molecule has 0 atom stereocenters. The number of allylic oxidation sites excluding steroid dienone is 3. The van der Waals surface area contributed by atoms with E-state index in [0.717, 1.165) is 5.56 Å². The van der Waals surface area contributed by atoms with Gasteiger partial charge in [0.1, 0.15) is 0 Å². The van der Waals surface area contributed by atoms with Crippen LogP contribution < -0.4 is 0 Å². The number of H-pyrrole nitrogens is 1. The van der Waals surface area contributed by atoms with Gasteiger partial charge in [0.05, 0.1) is 0 Å². The van der Waals surface area contributed by atoms with Gasteiger partial charge in [-0.3, -0.25) is 0 Å². The molecule has 1 aromatic rings. The molecule has 0 aliphatic heterocycles. The normalized spacial score (nSPS) is 7.50. The van der Waals surface area contributed by atoms with Gasteiger partial charge >= 0.3 is 19.5 Å². The molecule has 0 fully saturated rings. The average Bonchev–Trinajstić information content (AvgIpc) is 2.90. The minimum absolute atomic E-state index is 0. The first-order valence-corrected chi connectivity index (χ1v) is 5.40. The molecule has 0 aliphatic rings. The molecule has 1 heterocycles. The third-order valence-corrected chi connectivity index (χ3v) is 1.14. The van der Waals surface area contributed by atoms with E-state index >= 15 is 0 Å². The zero-order valence-corrected chi connectivity index (χ0v) is 15.3. The fraction of sp³-hybridized carbons (Fsp3) is 0.267. The Bertz CT molecular complexity index is 227. The smallest absolute Gasteiger partial charge is 0.453 e. The molecule has 1 N–H and O–H groups in total. The van der Waals surface area contributed by atoms with E-state index in [1.54, 1.807) is 20.8 Å². The SMILES string of the molecule is CC=CC=Cc1[c-][nH]cc1.[CH2-]C.[CH2-]C.[CH2-]C.[Ru+4].[Ru]. The molecule has 0 bridgehead atoms. The van der Waals surface area contributed by atoms with E-state index in [2.05, 4.69) is 32.0 Å². The van der Waals surface area contributed by atoms with E-state index in [9.17, 15) is 0 Å². The molecule has 1 aromatic heterocycles. The number of nitrogens with one attached hydrogen (secondary N) is 1. The average molecular weight is 422 g/mol. The summed E-state index contributed by atoms with van der Waals surface area (Å²) in [6.45, 7) is 17.0. The van der Waals surface area contributed by atoms with Crippen molar-refractivity contribution < 1.29 is 39.0 Å².